The van der Waals surface area contributed by atoms with Crippen LogP contribution in [0.25, 0.3) is 0 Å². The summed E-state index contributed by atoms with van der Waals surface area (Å²) in [6, 6.07) is 2.08. The normalized spacial score (nSPS) is 22.1. The van der Waals surface area contributed by atoms with Gasteiger partial charge in [-0.15, -0.1) is 23.1 Å². The third-order valence-electron chi connectivity index (χ3n) is 4.47. The molecule has 3 rings (SSSR count). The summed E-state index contributed by atoms with van der Waals surface area (Å²) in [4.78, 5) is 49.4. The van der Waals surface area contributed by atoms with E-state index in [1.165, 1.54) is 24.8 Å². The number of carboxylic acids is 1. The standard InChI is InChI=1S/C17H18N2O8S3/c1-8(20)27-6-9-7-29-16-11(15(22)19(16)12(9)17(23)24)18-14(21)13(30(2,25)26)10-4-3-5-28-10/h3-5,11,13,16H,6-7H2,1-2H3,(H,18,21)(H,23,24)/t11?,13?,16-/m1/s1. The Morgan fingerprint density at radius 1 is 1.40 bits per heavy atom. The van der Waals surface area contributed by atoms with E-state index in [4.69, 9.17) is 4.74 Å². The van der Waals surface area contributed by atoms with E-state index in [9.17, 15) is 32.7 Å². The number of carbonyl (C=O) groups excluding carboxylic acids is 3. The van der Waals surface area contributed by atoms with Crippen LogP contribution in [-0.2, 0) is 33.8 Å². The summed E-state index contributed by atoms with van der Waals surface area (Å²) < 4.78 is 29.2. The van der Waals surface area contributed by atoms with Crippen molar-refractivity contribution in [3.05, 3.63) is 33.7 Å². The van der Waals surface area contributed by atoms with E-state index in [-0.39, 0.29) is 23.6 Å². The van der Waals surface area contributed by atoms with Crippen LogP contribution in [0, 0.1) is 0 Å². The van der Waals surface area contributed by atoms with Crippen molar-refractivity contribution in [1.82, 2.24) is 10.2 Å². The van der Waals surface area contributed by atoms with Crippen molar-refractivity contribution in [1.29, 1.82) is 0 Å². The zero-order valence-electron chi connectivity index (χ0n) is 15.9. The van der Waals surface area contributed by atoms with Crippen molar-refractivity contribution in [3.63, 3.8) is 0 Å². The predicted octanol–water partition coefficient (Wildman–Crippen LogP) is 0.136. The molecule has 1 aromatic rings. The first-order valence-corrected chi connectivity index (χ1v) is 12.5. The average Bonchev–Trinajstić information content (AvgIpc) is 3.16. The number of amides is 2. The molecule has 2 aliphatic heterocycles. The number of carbonyl (C=O) groups is 4. The van der Waals surface area contributed by atoms with Gasteiger partial charge in [0.15, 0.2) is 15.1 Å². The van der Waals surface area contributed by atoms with Crippen molar-refractivity contribution in [3.8, 4) is 0 Å². The molecule has 1 fully saturated rings. The molecular weight excluding hydrogens is 456 g/mol. The highest BCUT2D eigenvalue weighted by molar-refractivity contribution is 8.00. The maximum absolute atomic E-state index is 12.7. The van der Waals surface area contributed by atoms with Gasteiger partial charge in [0.05, 0.1) is 0 Å². The fourth-order valence-corrected chi connectivity index (χ4v) is 6.86. The van der Waals surface area contributed by atoms with Crippen molar-refractivity contribution >= 4 is 56.7 Å². The van der Waals surface area contributed by atoms with Crippen molar-refractivity contribution in [2.75, 3.05) is 18.6 Å². The topological polar surface area (TPSA) is 147 Å². The molecule has 0 spiro atoms. The minimum atomic E-state index is -3.80. The summed E-state index contributed by atoms with van der Waals surface area (Å²) in [6.07, 6.45) is 0.938. The van der Waals surface area contributed by atoms with Gasteiger partial charge in [0, 0.05) is 29.4 Å². The number of thioether (sulfide) groups is 1. The number of aliphatic carboxylic acids is 1. The van der Waals surface area contributed by atoms with E-state index in [1.54, 1.807) is 11.4 Å². The molecule has 10 nitrogen and oxygen atoms in total. The fourth-order valence-electron chi connectivity index (χ4n) is 3.19. The molecule has 1 aromatic heterocycles. The summed E-state index contributed by atoms with van der Waals surface area (Å²) in [5, 5.41) is 11.5. The maximum Gasteiger partial charge on any atom is 0.352 e. The Morgan fingerprint density at radius 3 is 2.63 bits per heavy atom. The van der Waals surface area contributed by atoms with Gasteiger partial charge < -0.3 is 15.2 Å². The fraction of sp³-hybridized carbons (Fsp3) is 0.412. The number of sulfone groups is 1. The van der Waals surface area contributed by atoms with E-state index in [0.29, 0.717) is 4.88 Å². The second-order valence-electron chi connectivity index (χ2n) is 6.66. The number of β-lactam (4-membered cyclic amide) rings is 1. The number of carboxylic acid groups (broad SMARTS) is 1. The summed E-state index contributed by atoms with van der Waals surface area (Å²) >= 11 is 2.30. The van der Waals surface area contributed by atoms with Crippen LogP contribution < -0.4 is 5.32 Å². The van der Waals surface area contributed by atoms with Crippen LogP contribution in [0.2, 0.25) is 0 Å². The first-order chi connectivity index (χ1) is 14.0. The van der Waals surface area contributed by atoms with E-state index < -0.39 is 50.3 Å². The summed E-state index contributed by atoms with van der Waals surface area (Å²) in [7, 11) is -3.80. The summed E-state index contributed by atoms with van der Waals surface area (Å²) in [5.74, 6) is -3.27. The van der Waals surface area contributed by atoms with Gasteiger partial charge in [-0.2, -0.15) is 0 Å². The van der Waals surface area contributed by atoms with Crippen LogP contribution >= 0.6 is 23.1 Å². The Balaban J connectivity index is 1.80. The lowest BCUT2D eigenvalue weighted by atomic mass is 10.0. The summed E-state index contributed by atoms with van der Waals surface area (Å²) in [6.45, 7) is 0.929. The molecule has 2 aliphatic rings. The Bertz CT molecular complexity index is 1030. The molecule has 0 aromatic carbocycles. The lowest BCUT2D eigenvalue weighted by molar-refractivity contribution is -0.151. The van der Waals surface area contributed by atoms with Crippen molar-refractivity contribution < 1.29 is 37.4 Å². The van der Waals surface area contributed by atoms with Gasteiger partial charge in [-0.1, -0.05) is 6.07 Å². The number of hydrogen-bond acceptors (Lipinski definition) is 9. The molecule has 2 unspecified atom stereocenters. The highest BCUT2D eigenvalue weighted by Crippen LogP contribution is 2.41. The largest absolute Gasteiger partial charge is 0.477 e. The molecule has 3 atom stereocenters. The maximum atomic E-state index is 12.7. The smallest absolute Gasteiger partial charge is 0.352 e. The van der Waals surface area contributed by atoms with E-state index in [0.717, 1.165) is 22.5 Å². The number of fused-ring (bicyclic) bond motifs is 1. The van der Waals surface area contributed by atoms with Gasteiger partial charge in [-0.05, 0) is 11.4 Å². The molecule has 1 saturated heterocycles. The van der Waals surface area contributed by atoms with Gasteiger partial charge in [0.2, 0.25) is 5.91 Å². The van der Waals surface area contributed by atoms with Gasteiger partial charge in [-0.25, -0.2) is 13.2 Å². The number of esters is 1. The molecule has 2 amide bonds. The third kappa shape index (κ3) is 4.23. The molecular formula is C17H18N2O8S3. The third-order valence-corrected chi connectivity index (χ3v) is 8.22. The van der Waals surface area contributed by atoms with Crippen molar-refractivity contribution in [2.45, 2.75) is 23.6 Å². The number of nitrogens with zero attached hydrogens (tertiary/aromatic N) is 1. The van der Waals surface area contributed by atoms with E-state index >= 15 is 0 Å². The van der Waals surface area contributed by atoms with Crippen LogP contribution in [0.4, 0.5) is 0 Å². The van der Waals surface area contributed by atoms with Crippen LogP contribution in [0.15, 0.2) is 28.8 Å². The van der Waals surface area contributed by atoms with Gasteiger partial charge in [0.25, 0.3) is 5.91 Å². The predicted molar refractivity (Wildman–Crippen MR) is 108 cm³/mol. The van der Waals surface area contributed by atoms with E-state index in [1.807, 2.05) is 0 Å². The minimum Gasteiger partial charge on any atom is -0.477 e. The summed E-state index contributed by atoms with van der Waals surface area (Å²) in [5.41, 5.74) is -0.0157. The lowest BCUT2D eigenvalue weighted by Crippen LogP contribution is -2.71. The molecule has 0 aliphatic carbocycles. The number of nitrogens with one attached hydrogen (secondary N) is 1. The Kier molecular flexibility index (Phi) is 6.24. The number of ether oxygens (including phenoxy) is 1. The van der Waals surface area contributed by atoms with Gasteiger partial charge >= 0.3 is 11.9 Å². The first kappa shape index (κ1) is 22.3. The van der Waals surface area contributed by atoms with E-state index in [2.05, 4.69) is 5.32 Å². The number of rotatable bonds is 7. The molecule has 30 heavy (non-hydrogen) atoms. The van der Waals surface area contributed by atoms with Crippen LogP contribution in [0.1, 0.15) is 17.1 Å². The average molecular weight is 475 g/mol. The lowest BCUT2D eigenvalue weighted by Gasteiger charge is -2.49. The van der Waals surface area contributed by atoms with Crippen LogP contribution in [0.5, 0.6) is 0 Å². The Hall–Kier alpha value is -2.38. The number of hydrogen-bond donors (Lipinski definition) is 2. The second kappa shape index (κ2) is 8.40. The van der Waals surface area contributed by atoms with Gasteiger partial charge in [0.1, 0.15) is 23.7 Å². The highest BCUT2D eigenvalue weighted by atomic mass is 32.2. The molecule has 13 heteroatoms. The zero-order valence-corrected chi connectivity index (χ0v) is 18.3. The first-order valence-electron chi connectivity index (χ1n) is 8.58. The van der Waals surface area contributed by atoms with Gasteiger partial charge in [-0.3, -0.25) is 19.3 Å². The molecule has 162 valence electrons. The van der Waals surface area contributed by atoms with Crippen LogP contribution in [-0.4, -0.2) is 72.2 Å². The Morgan fingerprint density at radius 2 is 2.10 bits per heavy atom. The quantitative estimate of drug-likeness (QED) is 0.416. The molecule has 0 saturated carbocycles. The minimum absolute atomic E-state index is 0.177. The molecule has 2 N–H and O–H groups in total. The zero-order chi connectivity index (χ0) is 22.2. The van der Waals surface area contributed by atoms with Crippen molar-refractivity contribution in [2.24, 2.45) is 0 Å². The number of thiophene rings is 1. The SMILES string of the molecule is CC(=O)OCC1=C(C(=O)O)N2C(=O)C(NC(=O)C(c3cccs3)S(C)(=O)=O)[C@H]2SC1. The molecule has 0 bridgehead atoms. The Labute approximate surface area is 180 Å². The molecule has 3 heterocycles. The highest BCUT2D eigenvalue weighted by Gasteiger charge is 2.55. The monoisotopic (exact) mass is 474 g/mol. The molecule has 0 radical (unpaired) electrons. The second-order valence-corrected chi connectivity index (χ2v) is 10.9. The van der Waals surface area contributed by atoms with Crippen LogP contribution in [0.3, 0.4) is 0 Å².